The van der Waals surface area contributed by atoms with Crippen LogP contribution < -0.4 is 11.1 Å². The SMILES string of the molecule is Cc1ncc(N)cc1C(=O)NCC1CCCC(O)C1. The monoisotopic (exact) mass is 263 g/mol. The number of nitrogens with one attached hydrogen (secondary N) is 1. The quantitative estimate of drug-likeness (QED) is 0.766. The molecule has 19 heavy (non-hydrogen) atoms. The van der Waals surface area contributed by atoms with Crippen LogP contribution in [0.25, 0.3) is 0 Å². The first-order valence-corrected chi connectivity index (χ1v) is 6.74. The van der Waals surface area contributed by atoms with Crippen LogP contribution in [0, 0.1) is 12.8 Å². The first-order chi connectivity index (χ1) is 9.06. The smallest absolute Gasteiger partial charge is 0.253 e. The number of nitrogens with two attached hydrogens (primary N) is 1. The second-order valence-corrected chi connectivity index (χ2v) is 5.30. The van der Waals surface area contributed by atoms with Gasteiger partial charge in [0.2, 0.25) is 0 Å². The third-order valence-electron chi connectivity index (χ3n) is 3.66. The number of hydrogen-bond acceptors (Lipinski definition) is 4. The molecule has 4 N–H and O–H groups in total. The van der Waals surface area contributed by atoms with E-state index in [1.165, 1.54) is 0 Å². The van der Waals surface area contributed by atoms with Gasteiger partial charge in [-0.25, -0.2) is 0 Å². The van der Waals surface area contributed by atoms with E-state index >= 15 is 0 Å². The van der Waals surface area contributed by atoms with Gasteiger partial charge in [0.15, 0.2) is 0 Å². The fourth-order valence-electron chi connectivity index (χ4n) is 2.56. The molecule has 0 spiro atoms. The molecule has 1 saturated carbocycles. The Labute approximate surface area is 113 Å². The number of aromatic nitrogens is 1. The lowest BCUT2D eigenvalue weighted by Gasteiger charge is -2.25. The fraction of sp³-hybridized carbons (Fsp3) is 0.571. The van der Waals surface area contributed by atoms with Crippen molar-refractivity contribution in [2.45, 2.75) is 38.7 Å². The summed E-state index contributed by atoms with van der Waals surface area (Å²) >= 11 is 0. The van der Waals surface area contributed by atoms with E-state index in [2.05, 4.69) is 10.3 Å². The van der Waals surface area contributed by atoms with Gasteiger partial charge in [0, 0.05) is 6.54 Å². The number of carbonyl (C=O) groups is 1. The number of pyridine rings is 1. The molecule has 5 nitrogen and oxygen atoms in total. The third kappa shape index (κ3) is 3.67. The largest absolute Gasteiger partial charge is 0.397 e. The Morgan fingerprint density at radius 1 is 1.58 bits per heavy atom. The minimum atomic E-state index is -0.216. The van der Waals surface area contributed by atoms with E-state index < -0.39 is 0 Å². The molecule has 0 radical (unpaired) electrons. The number of aliphatic hydroxyl groups is 1. The number of rotatable bonds is 3. The van der Waals surface area contributed by atoms with Gasteiger partial charge in [0.05, 0.1) is 29.2 Å². The molecule has 0 bridgehead atoms. The Morgan fingerprint density at radius 3 is 3.11 bits per heavy atom. The van der Waals surface area contributed by atoms with Crippen LogP contribution in [0.2, 0.25) is 0 Å². The van der Waals surface area contributed by atoms with Crippen molar-refractivity contribution >= 4 is 11.6 Å². The summed E-state index contributed by atoms with van der Waals surface area (Å²) in [6, 6.07) is 1.65. The van der Waals surface area contributed by atoms with Crippen molar-refractivity contribution in [1.82, 2.24) is 10.3 Å². The molecule has 0 aromatic carbocycles. The first kappa shape index (κ1) is 13.8. The highest BCUT2D eigenvalue weighted by atomic mass is 16.3. The molecular weight excluding hydrogens is 242 g/mol. The number of amides is 1. The Balaban J connectivity index is 1.92. The van der Waals surface area contributed by atoms with Gasteiger partial charge in [-0.3, -0.25) is 9.78 Å². The van der Waals surface area contributed by atoms with E-state index in [1.807, 2.05) is 0 Å². The van der Waals surface area contributed by atoms with Crippen molar-refractivity contribution in [1.29, 1.82) is 0 Å². The van der Waals surface area contributed by atoms with Crippen LogP contribution in [0.5, 0.6) is 0 Å². The maximum absolute atomic E-state index is 12.1. The number of nitrogens with zero attached hydrogens (tertiary/aromatic N) is 1. The van der Waals surface area contributed by atoms with Crippen LogP contribution in [0.3, 0.4) is 0 Å². The van der Waals surface area contributed by atoms with Gasteiger partial charge < -0.3 is 16.2 Å². The molecule has 1 heterocycles. The van der Waals surface area contributed by atoms with Gasteiger partial charge in [0.1, 0.15) is 0 Å². The predicted molar refractivity (Wildman–Crippen MR) is 73.7 cm³/mol. The van der Waals surface area contributed by atoms with E-state index in [-0.39, 0.29) is 12.0 Å². The van der Waals surface area contributed by atoms with Gasteiger partial charge in [0.25, 0.3) is 5.91 Å². The summed E-state index contributed by atoms with van der Waals surface area (Å²) in [6.45, 7) is 2.39. The molecule has 5 heteroatoms. The molecule has 0 saturated heterocycles. The van der Waals surface area contributed by atoms with Gasteiger partial charge in [-0.05, 0) is 38.2 Å². The fourth-order valence-corrected chi connectivity index (χ4v) is 2.56. The zero-order chi connectivity index (χ0) is 13.8. The molecule has 0 aliphatic heterocycles. The van der Waals surface area contributed by atoms with Crippen molar-refractivity contribution in [2.75, 3.05) is 12.3 Å². The summed E-state index contributed by atoms with van der Waals surface area (Å²) in [4.78, 5) is 16.2. The van der Waals surface area contributed by atoms with Crippen LogP contribution in [0.4, 0.5) is 5.69 Å². The molecule has 1 aromatic rings. The van der Waals surface area contributed by atoms with Crippen molar-refractivity contribution in [3.8, 4) is 0 Å². The summed E-state index contributed by atoms with van der Waals surface area (Å²) < 4.78 is 0. The van der Waals surface area contributed by atoms with Gasteiger partial charge >= 0.3 is 0 Å². The van der Waals surface area contributed by atoms with Crippen molar-refractivity contribution in [3.05, 3.63) is 23.5 Å². The minimum absolute atomic E-state index is 0.141. The second-order valence-electron chi connectivity index (χ2n) is 5.30. The Bertz CT molecular complexity index is 462. The topological polar surface area (TPSA) is 88.2 Å². The lowest BCUT2D eigenvalue weighted by atomic mass is 9.87. The first-order valence-electron chi connectivity index (χ1n) is 6.74. The summed E-state index contributed by atoms with van der Waals surface area (Å²) in [5, 5.41) is 12.5. The summed E-state index contributed by atoms with van der Waals surface area (Å²) in [5.41, 5.74) is 7.34. The van der Waals surface area contributed by atoms with Crippen LogP contribution in [0.15, 0.2) is 12.3 Å². The summed E-state index contributed by atoms with van der Waals surface area (Å²) in [5.74, 6) is 0.222. The third-order valence-corrected chi connectivity index (χ3v) is 3.66. The Hall–Kier alpha value is -1.62. The molecule has 2 rings (SSSR count). The summed E-state index contributed by atoms with van der Waals surface area (Å²) in [6.07, 6.45) is 5.07. The molecular formula is C14H21N3O2. The van der Waals surface area contributed by atoms with E-state index in [0.29, 0.717) is 29.4 Å². The van der Waals surface area contributed by atoms with Crippen molar-refractivity contribution < 1.29 is 9.90 Å². The van der Waals surface area contributed by atoms with Gasteiger partial charge in [-0.1, -0.05) is 6.42 Å². The average molecular weight is 263 g/mol. The Kier molecular flexibility index (Phi) is 4.37. The van der Waals surface area contributed by atoms with Gasteiger partial charge in [-0.2, -0.15) is 0 Å². The highest BCUT2D eigenvalue weighted by molar-refractivity contribution is 5.95. The number of aliphatic hydroxyl groups excluding tert-OH is 1. The van der Waals surface area contributed by atoms with Gasteiger partial charge in [-0.15, -0.1) is 0 Å². The number of aryl methyl sites for hydroxylation is 1. The van der Waals surface area contributed by atoms with Crippen LogP contribution >= 0.6 is 0 Å². The molecule has 1 amide bonds. The highest BCUT2D eigenvalue weighted by Crippen LogP contribution is 2.23. The highest BCUT2D eigenvalue weighted by Gasteiger charge is 2.21. The van der Waals surface area contributed by atoms with Crippen molar-refractivity contribution in [2.24, 2.45) is 5.92 Å². The zero-order valence-electron chi connectivity index (χ0n) is 11.2. The number of hydrogen-bond donors (Lipinski definition) is 3. The van der Waals surface area contributed by atoms with Crippen LogP contribution in [-0.2, 0) is 0 Å². The molecule has 1 aromatic heterocycles. The molecule has 1 aliphatic rings. The molecule has 2 unspecified atom stereocenters. The minimum Gasteiger partial charge on any atom is -0.397 e. The number of nitrogen functional groups attached to an aromatic ring is 1. The Morgan fingerprint density at radius 2 is 2.37 bits per heavy atom. The predicted octanol–water partition coefficient (Wildman–Crippen LogP) is 1.25. The zero-order valence-corrected chi connectivity index (χ0v) is 11.2. The summed E-state index contributed by atoms with van der Waals surface area (Å²) in [7, 11) is 0. The lowest BCUT2D eigenvalue weighted by Crippen LogP contribution is -2.33. The standard InChI is InChI=1S/C14H21N3O2/c1-9-13(6-11(15)8-16-9)14(19)17-7-10-3-2-4-12(18)5-10/h6,8,10,12,18H,2-5,7,15H2,1H3,(H,17,19). The van der Waals surface area contributed by atoms with E-state index in [0.717, 1.165) is 25.7 Å². The molecule has 2 atom stereocenters. The molecule has 1 fully saturated rings. The maximum atomic E-state index is 12.1. The number of anilines is 1. The normalized spacial score (nSPS) is 23.1. The number of carbonyl (C=O) groups excluding carboxylic acids is 1. The van der Waals surface area contributed by atoms with E-state index in [1.54, 1.807) is 19.2 Å². The van der Waals surface area contributed by atoms with E-state index in [9.17, 15) is 9.90 Å². The average Bonchev–Trinajstić information content (AvgIpc) is 2.39. The van der Waals surface area contributed by atoms with Crippen LogP contribution in [-0.4, -0.2) is 28.6 Å². The molecule has 1 aliphatic carbocycles. The second kappa shape index (κ2) is 6.02. The van der Waals surface area contributed by atoms with Crippen molar-refractivity contribution in [3.63, 3.8) is 0 Å². The maximum Gasteiger partial charge on any atom is 0.253 e. The molecule has 104 valence electrons. The lowest BCUT2D eigenvalue weighted by molar-refractivity contribution is 0.0873. The van der Waals surface area contributed by atoms with E-state index in [4.69, 9.17) is 5.73 Å². The van der Waals surface area contributed by atoms with Crippen LogP contribution in [0.1, 0.15) is 41.7 Å².